The second kappa shape index (κ2) is 9.34. The second-order valence-corrected chi connectivity index (χ2v) is 8.17. The molecule has 0 radical (unpaired) electrons. The van der Waals surface area contributed by atoms with E-state index in [-0.39, 0.29) is 11.5 Å². The van der Waals surface area contributed by atoms with Crippen LogP contribution >= 0.6 is 0 Å². The van der Waals surface area contributed by atoms with Crippen molar-refractivity contribution < 1.29 is 28.8 Å². The van der Waals surface area contributed by atoms with Crippen LogP contribution in [-0.2, 0) is 22.7 Å². The number of aromatic hydroxyl groups is 4. The first kappa shape index (κ1) is 22.1. The molecule has 29 heavy (non-hydrogen) atoms. The third-order valence-electron chi connectivity index (χ3n) is 4.34. The van der Waals surface area contributed by atoms with Gasteiger partial charge in [-0.15, -0.1) is 0 Å². The molecule has 0 heterocycles. The maximum Gasteiger partial charge on any atom is 0.213 e. The fourth-order valence-electron chi connectivity index (χ4n) is 2.83. The Morgan fingerprint density at radius 3 is 1.34 bits per heavy atom. The van der Waals surface area contributed by atoms with Crippen molar-refractivity contribution in [2.24, 2.45) is 0 Å². The summed E-state index contributed by atoms with van der Waals surface area (Å²) in [7, 11) is -4.16. The van der Waals surface area contributed by atoms with E-state index in [1.54, 1.807) is 0 Å². The predicted molar refractivity (Wildman–Crippen MR) is 110 cm³/mol. The molecule has 4 N–H and O–H groups in total. The molecule has 0 atom stereocenters. The van der Waals surface area contributed by atoms with Gasteiger partial charge in [-0.05, 0) is 48.2 Å². The Bertz CT molecular complexity index is 1010. The first-order valence-electron chi connectivity index (χ1n) is 9.06. The lowest BCUT2D eigenvalue weighted by Crippen LogP contribution is -2.02. The topological polar surface area (TPSA) is 115 Å². The van der Waals surface area contributed by atoms with Crippen molar-refractivity contribution in [2.45, 2.75) is 36.5 Å². The van der Waals surface area contributed by atoms with Gasteiger partial charge in [-0.25, -0.2) is 8.42 Å². The third-order valence-corrected chi connectivity index (χ3v) is 6.19. The largest absolute Gasteiger partial charge is 0.508 e. The lowest BCUT2D eigenvalue weighted by molar-refractivity contribution is 0.436. The van der Waals surface area contributed by atoms with Crippen molar-refractivity contribution >= 4 is 9.84 Å². The van der Waals surface area contributed by atoms with Crippen LogP contribution in [0.5, 0.6) is 23.0 Å². The molecule has 3 aromatic carbocycles. The summed E-state index contributed by atoms with van der Waals surface area (Å²) in [6, 6.07) is 14.6. The van der Waals surface area contributed by atoms with Gasteiger partial charge in [0.2, 0.25) is 9.84 Å². The number of aryl methyl sites for hydroxylation is 2. The van der Waals surface area contributed by atoms with Crippen molar-refractivity contribution in [3.05, 3.63) is 71.8 Å². The Morgan fingerprint density at radius 2 is 1.03 bits per heavy atom. The van der Waals surface area contributed by atoms with Gasteiger partial charge >= 0.3 is 0 Å². The number of phenols is 4. The zero-order valence-electron chi connectivity index (χ0n) is 16.2. The monoisotopic (exact) mass is 416 g/mol. The number of benzene rings is 3. The van der Waals surface area contributed by atoms with Crippen LogP contribution in [0.1, 0.15) is 25.0 Å². The summed E-state index contributed by atoms with van der Waals surface area (Å²) < 4.78 is 24.4. The lowest BCUT2D eigenvalue weighted by Gasteiger charge is -2.08. The summed E-state index contributed by atoms with van der Waals surface area (Å²) in [4.78, 5) is -0.905. The first-order valence-corrected chi connectivity index (χ1v) is 10.5. The van der Waals surface area contributed by atoms with E-state index in [2.05, 4.69) is 38.1 Å². The molecule has 0 aliphatic rings. The van der Waals surface area contributed by atoms with Gasteiger partial charge in [-0.3, -0.25) is 0 Å². The van der Waals surface area contributed by atoms with E-state index in [4.69, 9.17) is 10.2 Å². The van der Waals surface area contributed by atoms with Crippen LogP contribution in [0.25, 0.3) is 0 Å². The molecule has 0 unspecified atom stereocenters. The van der Waals surface area contributed by atoms with E-state index in [1.807, 2.05) is 0 Å². The molecule has 0 bridgehead atoms. The summed E-state index contributed by atoms with van der Waals surface area (Å²) in [5, 5.41) is 37.4. The highest BCUT2D eigenvalue weighted by molar-refractivity contribution is 7.91. The fourth-order valence-corrected chi connectivity index (χ4v) is 4.23. The smallest absolute Gasteiger partial charge is 0.213 e. The highest BCUT2D eigenvalue weighted by Crippen LogP contribution is 2.36. The van der Waals surface area contributed by atoms with Crippen LogP contribution in [0.4, 0.5) is 0 Å². The number of rotatable bonds is 4. The van der Waals surface area contributed by atoms with Crippen molar-refractivity contribution in [1.82, 2.24) is 0 Å². The fraction of sp³-hybridized carbons (Fsp3) is 0.182. The molecule has 0 saturated heterocycles. The maximum atomic E-state index is 12.2. The van der Waals surface area contributed by atoms with E-state index in [1.165, 1.54) is 11.1 Å². The van der Waals surface area contributed by atoms with E-state index in [0.717, 1.165) is 49.2 Å². The second-order valence-electron chi connectivity index (χ2n) is 6.28. The van der Waals surface area contributed by atoms with Gasteiger partial charge in [0, 0.05) is 12.1 Å². The average Bonchev–Trinajstić information content (AvgIpc) is 2.67. The van der Waals surface area contributed by atoms with Crippen molar-refractivity contribution in [3.8, 4) is 23.0 Å². The summed E-state index contributed by atoms with van der Waals surface area (Å²) in [5.74, 6) is -1.84. The van der Waals surface area contributed by atoms with Crippen molar-refractivity contribution in [3.63, 3.8) is 0 Å². The molecule has 3 aromatic rings. The molecule has 0 aliphatic heterocycles. The predicted octanol–water partition coefficient (Wildman–Crippen LogP) is 4.15. The van der Waals surface area contributed by atoms with Gasteiger partial charge in [0.05, 0.1) is 0 Å². The van der Waals surface area contributed by atoms with Crippen LogP contribution in [-0.4, -0.2) is 28.8 Å². The zero-order chi connectivity index (χ0) is 21.6. The Labute approximate surface area is 170 Å². The Balaban J connectivity index is 0.000000253. The average molecular weight is 416 g/mol. The van der Waals surface area contributed by atoms with Gasteiger partial charge < -0.3 is 20.4 Å². The molecule has 0 spiro atoms. The van der Waals surface area contributed by atoms with Gasteiger partial charge in [0.15, 0.2) is 0 Å². The summed E-state index contributed by atoms with van der Waals surface area (Å²) >= 11 is 0. The standard InChI is InChI=1S/C12H10O6S.C10H14/c13-7-1-3-11(9(15)5-7)19(17,18)12-4-2-8(14)6-10(12)16;1-3-9-7-5-6-8-10(9)4-2/h1-6,13-16H;5-8H,3-4H2,1-2H3. The van der Waals surface area contributed by atoms with Crippen molar-refractivity contribution in [2.75, 3.05) is 0 Å². The molecule has 3 rings (SSSR count). The summed E-state index contributed by atoms with van der Waals surface area (Å²) in [5.41, 5.74) is 2.98. The highest BCUT2D eigenvalue weighted by Gasteiger charge is 2.25. The first-order chi connectivity index (χ1) is 13.7. The van der Waals surface area contributed by atoms with Crippen LogP contribution < -0.4 is 0 Å². The van der Waals surface area contributed by atoms with Crippen LogP contribution in [0.2, 0.25) is 0 Å². The molecular formula is C22H24O6S. The summed E-state index contributed by atoms with van der Waals surface area (Å²) in [6.45, 7) is 4.41. The molecule has 0 fully saturated rings. The molecule has 0 amide bonds. The van der Waals surface area contributed by atoms with Crippen molar-refractivity contribution in [1.29, 1.82) is 0 Å². The Hall–Kier alpha value is -3.19. The third kappa shape index (κ3) is 5.20. The molecule has 0 saturated carbocycles. The van der Waals surface area contributed by atoms with Gasteiger partial charge in [0.25, 0.3) is 0 Å². The molecule has 7 heteroatoms. The van der Waals surface area contributed by atoms with E-state index < -0.39 is 31.1 Å². The number of sulfone groups is 1. The van der Waals surface area contributed by atoms with Crippen LogP contribution in [0.15, 0.2) is 70.5 Å². The Kier molecular flexibility index (Phi) is 7.12. The van der Waals surface area contributed by atoms with Crippen LogP contribution in [0, 0.1) is 0 Å². The summed E-state index contributed by atoms with van der Waals surface area (Å²) in [6.07, 6.45) is 2.31. The van der Waals surface area contributed by atoms with E-state index >= 15 is 0 Å². The minimum atomic E-state index is -4.16. The molecular weight excluding hydrogens is 392 g/mol. The number of phenolic OH excluding ortho intramolecular Hbond substituents is 4. The molecule has 154 valence electrons. The molecule has 6 nitrogen and oxygen atoms in total. The minimum Gasteiger partial charge on any atom is -0.508 e. The maximum absolute atomic E-state index is 12.2. The SMILES string of the molecule is CCc1ccccc1CC.O=S(=O)(c1ccc(O)cc1O)c1ccc(O)cc1O. The van der Waals surface area contributed by atoms with Gasteiger partial charge in [-0.1, -0.05) is 38.1 Å². The molecule has 0 aliphatic carbocycles. The van der Waals surface area contributed by atoms with Gasteiger partial charge in [0.1, 0.15) is 32.8 Å². The highest BCUT2D eigenvalue weighted by atomic mass is 32.2. The molecule has 0 aromatic heterocycles. The normalized spacial score (nSPS) is 10.8. The number of hydrogen-bond donors (Lipinski definition) is 4. The van der Waals surface area contributed by atoms with E-state index in [9.17, 15) is 18.6 Å². The van der Waals surface area contributed by atoms with E-state index in [0.29, 0.717) is 0 Å². The lowest BCUT2D eigenvalue weighted by atomic mass is 10.0. The number of hydrogen-bond acceptors (Lipinski definition) is 6. The van der Waals surface area contributed by atoms with Crippen LogP contribution in [0.3, 0.4) is 0 Å². The zero-order valence-corrected chi connectivity index (χ0v) is 17.0. The Morgan fingerprint density at radius 1 is 0.655 bits per heavy atom. The minimum absolute atomic E-state index is 0.286. The van der Waals surface area contributed by atoms with Gasteiger partial charge in [-0.2, -0.15) is 0 Å². The quantitative estimate of drug-likeness (QED) is 0.508.